The van der Waals surface area contributed by atoms with Gasteiger partial charge in [-0.05, 0) is 49.8 Å². The van der Waals surface area contributed by atoms with E-state index in [4.69, 9.17) is 5.73 Å². The monoisotopic (exact) mass is 207 g/mol. The summed E-state index contributed by atoms with van der Waals surface area (Å²) in [4.78, 5) is 0. The van der Waals surface area contributed by atoms with E-state index in [1.165, 1.54) is 5.56 Å². The molecule has 0 unspecified atom stereocenters. The lowest BCUT2D eigenvalue weighted by Crippen LogP contribution is -2.13. The molecule has 15 heavy (non-hydrogen) atoms. The van der Waals surface area contributed by atoms with Gasteiger partial charge < -0.3 is 15.9 Å². The van der Waals surface area contributed by atoms with E-state index >= 15 is 0 Å². The Hall–Kier alpha value is -1.22. The molecular formula is C12H17NO2. The topological polar surface area (TPSA) is 66.5 Å². The first-order chi connectivity index (χ1) is 7.24. The van der Waals surface area contributed by atoms with Gasteiger partial charge in [0, 0.05) is 5.56 Å². The predicted octanol–water partition coefficient (Wildman–Crippen LogP) is 1.87. The van der Waals surface area contributed by atoms with Crippen molar-refractivity contribution < 1.29 is 10.2 Å². The quantitative estimate of drug-likeness (QED) is 0.648. The minimum Gasteiger partial charge on any atom is -0.504 e. The Morgan fingerprint density at radius 3 is 2.87 bits per heavy atom. The number of benzene rings is 1. The molecule has 4 N–H and O–H groups in total. The molecule has 3 heteroatoms. The molecule has 0 bridgehead atoms. The van der Waals surface area contributed by atoms with Crippen LogP contribution in [0.1, 0.15) is 36.3 Å². The Bertz CT molecular complexity index is 363. The standard InChI is InChI=1S/C12H17NO2/c13-7-6-8-2-1-3-10-9(8)4-5-11(14)12(10)15/h4-5,8,14-15H,1-3,6-7,13H2/t8-/m0/s1. The van der Waals surface area contributed by atoms with Gasteiger partial charge in [-0.3, -0.25) is 0 Å². The highest BCUT2D eigenvalue weighted by Gasteiger charge is 2.23. The van der Waals surface area contributed by atoms with Gasteiger partial charge in [-0.25, -0.2) is 0 Å². The van der Waals surface area contributed by atoms with Crippen LogP contribution in [0.15, 0.2) is 12.1 Å². The van der Waals surface area contributed by atoms with Gasteiger partial charge in [-0.1, -0.05) is 6.07 Å². The van der Waals surface area contributed by atoms with Crippen LogP contribution < -0.4 is 5.73 Å². The molecule has 0 spiro atoms. The second-order valence-corrected chi connectivity index (χ2v) is 4.17. The van der Waals surface area contributed by atoms with Crippen molar-refractivity contribution in [1.82, 2.24) is 0 Å². The van der Waals surface area contributed by atoms with Crippen molar-refractivity contribution >= 4 is 0 Å². The summed E-state index contributed by atoms with van der Waals surface area (Å²) in [5, 5.41) is 19.2. The lowest BCUT2D eigenvalue weighted by Gasteiger charge is -2.26. The molecule has 0 fully saturated rings. The van der Waals surface area contributed by atoms with Crippen molar-refractivity contribution in [3.8, 4) is 11.5 Å². The van der Waals surface area contributed by atoms with Crippen molar-refractivity contribution in [2.24, 2.45) is 5.73 Å². The molecule has 1 aromatic carbocycles. The van der Waals surface area contributed by atoms with Crippen molar-refractivity contribution in [3.63, 3.8) is 0 Å². The summed E-state index contributed by atoms with van der Waals surface area (Å²) in [6.07, 6.45) is 4.01. The molecule has 0 heterocycles. The van der Waals surface area contributed by atoms with Crippen LogP contribution in [0.2, 0.25) is 0 Å². The molecule has 1 atom stereocenters. The highest BCUT2D eigenvalue weighted by molar-refractivity contribution is 5.51. The van der Waals surface area contributed by atoms with Gasteiger partial charge in [0.2, 0.25) is 0 Å². The summed E-state index contributed by atoms with van der Waals surface area (Å²) >= 11 is 0. The number of phenolic OH excluding ortho intramolecular Hbond substituents is 2. The van der Waals surface area contributed by atoms with E-state index in [0.717, 1.165) is 31.2 Å². The Morgan fingerprint density at radius 2 is 2.13 bits per heavy atom. The zero-order chi connectivity index (χ0) is 10.8. The number of aromatic hydroxyl groups is 2. The summed E-state index contributed by atoms with van der Waals surface area (Å²) < 4.78 is 0. The largest absolute Gasteiger partial charge is 0.504 e. The third kappa shape index (κ3) is 1.79. The van der Waals surface area contributed by atoms with Crippen LogP contribution in [0.4, 0.5) is 0 Å². The lowest BCUT2D eigenvalue weighted by molar-refractivity contribution is 0.392. The van der Waals surface area contributed by atoms with Crippen LogP contribution in [0.5, 0.6) is 11.5 Å². The number of nitrogens with two attached hydrogens (primary N) is 1. The fraction of sp³-hybridized carbons (Fsp3) is 0.500. The van der Waals surface area contributed by atoms with E-state index in [-0.39, 0.29) is 11.5 Å². The van der Waals surface area contributed by atoms with E-state index in [1.54, 1.807) is 6.07 Å². The number of rotatable bonds is 2. The molecule has 0 amide bonds. The zero-order valence-corrected chi connectivity index (χ0v) is 8.74. The Balaban J connectivity index is 2.40. The molecule has 0 aromatic heterocycles. The van der Waals surface area contributed by atoms with Gasteiger partial charge >= 0.3 is 0 Å². The van der Waals surface area contributed by atoms with E-state index in [1.807, 2.05) is 6.07 Å². The van der Waals surface area contributed by atoms with Crippen LogP contribution in [0.25, 0.3) is 0 Å². The normalized spacial score (nSPS) is 19.9. The zero-order valence-electron chi connectivity index (χ0n) is 8.74. The highest BCUT2D eigenvalue weighted by atomic mass is 16.3. The fourth-order valence-electron chi connectivity index (χ4n) is 2.47. The Morgan fingerprint density at radius 1 is 1.33 bits per heavy atom. The SMILES string of the molecule is NCC[C@@H]1CCCc2c1ccc(O)c2O. The molecule has 1 aromatic rings. The number of phenols is 2. The first-order valence-electron chi connectivity index (χ1n) is 5.47. The second-order valence-electron chi connectivity index (χ2n) is 4.17. The van der Waals surface area contributed by atoms with E-state index in [0.29, 0.717) is 12.5 Å². The smallest absolute Gasteiger partial charge is 0.160 e. The first-order valence-corrected chi connectivity index (χ1v) is 5.47. The van der Waals surface area contributed by atoms with Crippen LogP contribution in [-0.2, 0) is 6.42 Å². The van der Waals surface area contributed by atoms with Gasteiger partial charge in [0.15, 0.2) is 11.5 Å². The summed E-state index contributed by atoms with van der Waals surface area (Å²) in [5.74, 6) is 0.501. The fourth-order valence-corrected chi connectivity index (χ4v) is 2.47. The van der Waals surface area contributed by atoms with Gasteiger partial charge in [-0.15, -0.1) is 0 Å². The maximum atomic E-state index is 9.75. The Kier molecular flexibility index (Phi) is 2.82. The van der Waals surface area contributed by atoms with Gasteiger partial charge in [-0.2, -0.15) is 0 Å². The van der Waals surface area contributed by atoms with Crippen molar-refractivity contribution in [2.45, 2.75) is 31.6 Å². The third-order valence-electron chi connectivity index (χ3n) is 3.23. The summed E-state index contributed by atoms with van der Waals surface area (Å²) in [7, 11) is 0. The molecule has 0 radical (unpaired) electrons. The van der Waals surface area contributed by atoms with Gasteiger partial charge in [0.1, 0.15) is 0 Å². The molecule has 0 saturated carbocycles. The molecule has 3 nitrogen and oxygen atoms in total. The molecule has 1 aliphatic carbocycles. The van der Waals surface area contributed by atoms with E-state index < -0.39 is 0 Å². The molecule has 2 rings (SSSR count). The number of hydrogen-bond acceptors (Lipinski definition) is 3. The van der Waals surface area contributed by atoms with Crippen LogP contribution in [0.3, 0.4) is 0 Å². The van der Waals surface area contributed by atoms with E-state index in [2.05, 4.69) is 0 Å². The maximum Gasteiger partial charge on any atom is 0.160 e. The van der Waals surface area contributed by atoms with Crippen molar-refractivity contribution in [1.29, 1.82) is 0 Å². The predicted molar refractivity (Wildman–Crippen MR) is 59.1 cm³/mol. The molecular weight excluding hydrogens is 190 g/mol. The third-order valence-corrected chi connectivity index (χ3v) is 3.23. The van der Waals surface area contributed by atoms with Crippen molar-refractivity contribution in [2.75, 3.05) is 6.54 Å². The molecule has 0 saturated heterocycles. The first kappa shape index (κ1) is 10.3. The lowest BCUT2D eigenvalue weighted by atomic mass is 9.80. The summed E-state index contributed by atoms with van der Waals surface area (Å²) in [6.45, 7) is 0.672. The maximum absolute atomic E-state index is 9.75. The summed E-state index contributed by atoms with van der Waals surface area (Å²) in [5.41, 5.74) is 7.66. The van der Waals surface area contributed by atoms with Crippen LogP contribution in [0, 0.1) is 0 Å². The average molecular weight is 207 g/mol. The average Bonchev–Trinajstić information content (AvgIpc) is 2.25. The summed E-state index contributed by atoms with van der Waals surface area (Å²) in [6, 6.07) is 3.49. The molecule has 0 aliphatic heterocycles. The number of fused-ring (bicyclic) bond motifs is 1. The molecule has 82 valence electrons. The number of hydrogen-bond donors (Lipinski definition) is 3. The highest BCUT2D eigenvalue weighted by Crippen LogP contribution is 2.41. The van der Waals surface area contributed by atoms with Gasteiger partial charge in [0.05, 0.1) is 0 Å². The van der Waals surface area contributed by atoms with Crippen LogP contribution >= 0.6 is 0 Å². The van der Waals surface area contributed by atoms with Crippen LogP contribution in [-0.4, -0.2) is 16.8 Å². The minimum atomic E-state index is -0.0119. The minimum absolute atomic E-state index is 0.0119. The molecule has 1 aliphatic rings. The Labute approximate surface area is 89.5 Å². The second kappa shape index (κ2) is 4.11. The van der Waals surface area contributed by atoms with E-state index in [9.17, 15) is 10.2 Å². The van der Waals surface area contributed by atoms with Crippen molar-refractivity contribution in [3.05, 3.63) is 23.3 Å². The van der Waals surface area contributed by atoms with Gasteiger partial charge in [0.25, 0.3) is 0 Å².